The highest BCUT2D eigenvalue weighted by Crippen LogP contribution is 1.99. The van der Waals surface area contributed by atoms with E-state index in [1.165, 1.54) is 6.92 Å². The van der Waals surface area contributed by atoms with E-state index < -0.39 is 5.97 Å². The molecule has 11 heavy (non-hydrogen) atoms. The van der Waals surface area contributed by atoms with E-state index in [9.17, 15) is 9.59 Å². The van der Waals surface area contributed by atoms with Gasteiger partial charge in [-0.3, -0.25) is 4.79 Å². The summed E-state index contributed by atoms with van der Waals surface area (Å²) in [5, 5.41) is 3.58. The average Bonchev–Trinajstić information content (AvgIpc) is 1.93. The summed E-state index contributed by atoms with van der Waals surface area (Å²) < 4.78 is 0. The Bertz CT molecular complexity index is 181. The van der Waals surface area contributed by atoms with Crippen molar-refractivity contribution in [1.29, 1.82) is 0 Å². The van der Waals surface area contributed by atoms with Gasteiger partial charge in [0.25, 0.3) is 0 Å². The van der Waals surface area contributed by atoms with E-state index in [1.807, 2.05) is 0 Å². The molecule has 0 atom stereocenters. The lowest BCUT2D eigenvalue weighted by atomic mass is 10.4. The smallest absolute Gasteiger partial charge is 0.337 e. The first-order chi connectivity index (χ1) is 5.20. The Labute approximate surface area is 64.3 Å². The lowest BCUT2D eigenvalue weighted by Crippen LogP contribution is -2.46. The summed E-state index contributed by atoms with van der Waals surface area (Å²) in [5.74, 6) is -0.470. The van der Waals surface area contributed by atoms with Crippen LogP contribution in [0.2, 0.25) is 0 Å². The Morgan fingerprint density at radius 2 is 2.45 bits per heavy atom. The Morgan fingerprint density at radius 1 is 1.73 bits per heavy atom. The van der Waals surface area contributed by atoms with Crippen molar-refractivity contribution >= 4 is 12.0 Å². The zero-order valence-electron chi connectivity index (χ0n) is 6.29. The lowest BCUT2D eigenvalue weighted by Gasteiger charge is -2.24. The van der Waals surface area contributed by atoms with E-state index >= 15 is 0 Å². The Kier molecular flexibility index (Phi) is 2.30. The molecule has 0 aromatic rings. The second-order valence-corrected chi connectivity index (χ2v) is 2.27. The van der Waals surface area contributed by atoms with Gasteiger partial charge in [0.2, 0.25) is 0 Å². The quantitative estimate of drug-likeness (QED) is 0.578. The number of carbonyl (C=O) groups excluding carboxylic acids is 2. The van der Waals surface area contributed by atoms with Crippen molar-refractivity contribution in [3.8, 4) is 0 Å². The summed E-state index contributed by atoms with van der Waals surface area (Å²) in [4.78, 5) is 25.9. The number of urea groups is 1. The molecule has 0 spiro atoms. The fraction of sp³-hybridized carbons (Fsp3) is 0.667. The number of nitrogens with zero attached hydrogens (tertiary/aromatic N) is 1. The van der Waals surface area contributed by atoms with Gasteiger partial charge < -0.3 is 10.2 Å². The molecule has 0 aromatic heterocycles. The summed E-state index contributed by atoms with van der Waals surface area (Å²) >= 11 is 0. The van der Waals surface area contributed by atoms with Gasteiger partial charge in [-0.25, -0.2) is 4.79 Å². The maximum atomic E-state index is 10.9. The van der Waals surface area contributed by atoms with Gasteiger partial charge in [-0.05, 0) is 6.42 Å². The van der Waals surface area contributed by atoms with Gasteiger partial charge in [0.05, 0.1) is 6.54 Å². The highest BCUT2D eigenvalue weighted by atomic mass is 16.7. The minimum atomic E-state index is -0.470. The van der Waals surface area contributed by atoms with Gasteiger partial charge in [-0.1, -0.05) is 0 Å². The molecule has 1 rings (SSSR count). The van der Waals surface area contributed by atoms with Gasteiger partial charge in [0.1, 0.15) is 0 Å². The number of nitrogens with one attached hydrogen (secondary N) is 1. The topological polar surface area (TPSA) is 58.6 Å². The van der Waals surface area contributed by atoms with Crippen molar-refractivity contribution in [2.24, 2.45) is 0 Å². The minimum Gasteiger partial charge on any atom is -0.337 e. The first-order valence-electron chi connectivity index (χ1n) is 3.44. The van der Waals surface area contributed by atoms with Crippen molar-refractivity contribution in [1.82, 2.24) is 10.4 Å². The van der Waals surface area contributed by atoms with Crippen LogP contribution < -0.4 is 5.32 Å². The molecular weight excluding hydrogens is 148 g/mol. The van der Waals surface area contributed by atoms with E-state index in [-0.39, 0.29) is 6.03 Å². The summed E-state index contributed by atoms with van der Waals surface area (Å²) in [6, 6.07) is -0.341. The molecule has 0 unspecified atom stereocenters. The minimum absolute atomic E-state index is 0.341. The van der Waals surface area contributed by atoms with Crippen LogP contribution in [0.25, 0.3) is 0 Å². The number of hydrogen-bond acceptors (Lipinski definition) is 3. The molecule has 5 heteroatoms. The molecule has 5 nitrogen and oxygen atoms in total. The normalized spacial score (nSPS) is 17.5. The molecule has 0 saturated carbocycles. The van der Waals surface area contributed by atoms with Gasteiger partial charge in [0.15, 0.2) is 0 Å². The molecule has 1 saturated heterocycles. The van der Waals surface area contributed by atoms with Crippen LogP contribution in [0.5, 0.6) is 0 Å². The molecule has 62 valence electrons. The van der Waals surface area contributed by atoms with E-state index in [0.29, 0.717) is 13.1 Å². The third-order valence-electron chi connectivity index (χ3n) is 1.28. The Hall–Kier alpha value is -1.26. The Morgan fingerprint density at radius 3 is 3.00 bits per heavy atom. The average molecular weight is 158 g/mol. The first-order valence-corrected chi connectivity index (χ1v) is 3.44. The predicted octanol–water partition coefficient (Wildman–Crippen LogP) is -0.120. The number of amides is 2. The van der Waals surface area contributed by atoms with E-state index in [2.05, 4.69) is 10.2 Å². The third-order valence-corrected chi connectivity index (χ3v) is 1.28. The van der Waals surface area contributed by atoms with Crippen LogP contribution in [0.3, 0.4) is 0 Å². The zero-order valence-corrected chi connectivity index (χ0v) is 6.29. The molecule has 0 radical (unpaired) electrons. The molecule has 0 aromatic carbocycles. The molecule has 1 heterocycles. The standard InChI is InChI=1S/C6H10N2O3/c1-5(9)11-8-4-2-3-7-6(8)10/h2-4H2,1H3,(H,7,10). The Balaban J connectivity index is 2.42. The van der Waals surface area contributed by atoms with Crippen LogP contribution in [-0.2, 0) is 9.63 Å². The molecule has 0 bridgehead atoms. The fourth-order valence-corrected chi connectivity index (χ4v) is 0.850. The molecular formula is C6H10N2O3. The van der Waals surface area contributed by atoms with Crippen LogP contribution in [0, 0.1) is 0 Å². The van der Waals surface area contributed by atoms with E-state index in [0.717, 1.165) is 11.5 Å². The zero-order chi connectivity index (χ0) is 8.27. The van der Waals surface area contributed by atoms with Crippen LogP contribution >= 0.6 is 0 Å². The second-order valence-electron chi connectivity index (χ2n) is 2.27. The summed E-state index contributed by atoms with van der Waals surface area (Å²) in [7, 11) is 0. The third kappa shape index (κ3) is 2.10. The second kappa shape index (κ2) is 3.23. The number of rotatable bonds is 1. The summed E-state index contributed by atoms with van der Waals surface area (Å²) in [5.41, 5.74) is 0. The highest BCUT2D eigenvalue weighted by Gasteiger charge is 2.19. The van der Waals surface area contributed by atoms with Gasteiger partial charge in [-0.2, -0.15) is 5.06 Å². The molecule has 1 aliphatic rings. The lowest BCUT2D eigenvalue weighted by molar-refractivity contribution is -0.175. The molecule has 1 fully saturated rings. The summed E-state index contributed by atoms with van der Waals surface area (Å²) in [6.45, 7) is 2.39. The van der Waals surface area contributed by atoms with Crippen LogP contribution in [-0.4, -0.2) is 30.2 Å². The van der Waals surface area contributed by atoms with Crippen LogP contribution in [0.4, 0.5) is 4.79 Å². The van der Waals surface area contributed by atoms with Crippen molar-refractivity contribution in [2.45, 2.75) is 13.3 Å². The SMILES string of the molecule is CC(=O)ON1CCCNC1=O. The molecule has 0 aliphatic carbocycles. The maximum Gasteiger partial charge on any atom is 0.350 e. The van der Waals surface area contributed by atoms with E-state index in [4.69, 9.17) is 0 Å². The van der Waals surface area contributed by atoms with Crippen LogP contribution in [0.15, 0.2) is 0 Å². The van der Waals surface area contributed by atoms with Crippen molar-refractivity contribution in [3.63, 3.8) is 0 Å². The molecule has 2 amide bonds. The van der Waals surface area contributed by atoms with Crippen molar-refractivity contribution in [3.05, 3.63) is 0 Å². The number of carbonyl (C=O) groups is 2. The fourth-order valence-electron chi connectivity index (χ4n) is 0.850. The van der Waals surface area contributed by atoms with Crippen molar-refractivity contribution in [2.75, 3.05) is 13.1 Å². The number of hydroxylamine groups is 2. The van der Waals surface area contributed by atoms with Crippen molar-refractivity contribution < 1.29 is 14.4 Å². The maximum absolute atomic E-state index is 10.9. The summed E-state index contributed by atoms with van der Waals surface area (Å²) in [6.07, 6.45) is 0.805. The largest absolute Gasteiger partial charge is 0.350 e. The van der Waals surface area contributed by atoms with Gasteiger partial charge in [-0.15, -0.1) is 0 Å². The monoisotopic (exact) mass is 158 g/mol. The van der Waals surface area contributed by atoms with E-state index in [1.54, 1.807) is 0 Å². The number of hydrogen-bond donors (Lipinski definition) is 1. The molecule has 1 aliphatic heterocycles. The van der Waals surface area contributed by atoms with Gasteiger partial charge >= 0.3 is 12.0 Å². The predicted molar refractivity (Wildman–Crippen MR) is 36.5 cm³/mol. The first kappa shape index (κ1) is 7.84. The van der Waals surface area contributed by atoms with Crippen LogP contribution in [0.1, 0.15) is 13.3 Å². The van der Waals surface area contributed by atoms with Gasteiger partial charge in [0, 0.05) is 13.5 Å². The molecule has 1 N–H and O–H groups in total. The highest BCUT2D eigenvalue weighted by molar-refractivity contribution is 5.76.